The van der Waals surface area contributed by atoms with Gasteiger partial charge in [-0.15, -0.1) is 35.3 Å². The number of thiazole rings is 1. The Bertz CT molecular complexity index is 413. The monoisotopic (exact) mass is 394 g/mol. The lowest BCUT2D eigenvalue weighted by Gasteiger charge is -2.25. The maximum absolute atomic E-state index is 5.83. The summed E-state index contributed by atoms with van der Waals surface area (Å²) in [4.78, 5) is 8.86. The van der Waals surface area contributed by atoms with Crippen LogP contribution in [-0.2, 0) is 6.54 Å². The van der Waals surface area contributed by atoms with E-state index < -0.39 is 0 Å². The van der Waals surface area contributed by atoms with Crippen molar-refractivity contribution in [1.29, 1.82) is 0 Å². The normalized spacial score (nSPS) is 16.1. The first-order valence-corrected chi connectivity index (χ1v) is 7.51. The number of nitrogens with zero attached hydrogens (tertiary/aromatic N) is 2. The molecule has 1 saturated carbocycles. The van der Waals surface area contributed by atoms with Crippen LogP contribution >= 0.6 is 35.3 Å². The average Bonchev–Trinajstić information content (AvgIpc) is 2.73. The fourth-order valence-electron chi connectivity index (χ4n) is 1.82. The van der Waals surface area contributed by atoms with Crippen LogP contribution in [0.2, 0.25) is 0 Å². The van der Waals surface area contributed by atoms with Crippen molar-refractivity contribution in [1.82, 2.24) is 10.3 Å². The molecular weight excluding hydrogens is 371 g/mol. The molecule has 1 fully saturated rings. The maximum Gasteiger partial charge on any atom is 0.189 e. The van der Waals surface area contributed by atoms with Gasteiger partial charge in [0.25, 0.3) is 0 Å². The van der Waals surface area contributed by atoms with E-state index in [0.29, 0.717) is 18.4 Å². The molecule has 0 spiro atoms. The molecule has 0 saturated heterocycles. The van der Waals surface area contributed by atoms with E-state index in [-0.39, 0.29) is 24.0 Å². The lowest BCUT2D eigenvalue weighted by atomic mass is 9.85. The van der Waals surface area contributed by atoms with Crippen LogP contribution in [0.1, 0.15) is 49.7 Å². The van der Waals surface area contributed by atoms with Gasteiger partial charge in [-0.2, -0.15) is 0 Å². The Kier molecular flexibility index (Phi) is 7.06. The van der Waals surface area contributed by atoms with Gasteiger partial charge in [0.1, 0.15) is 5.01 Å². The van der Waals surface area contributed by atoms with E-state index in [4.69, 9.17) is 5.73 Å². The zero-order chi connectivity index (χ0) is 13.0. The van der Waals surface area contributed by atoms with Crippen molar-refractivity contribution in [2.24, 2.45) is 16.6 Å². The number of nitrogens with two attached hydrogens (primary N) is 1. The molecule has 1 aromatic heterocycles. The SMILES string of the molecule is CC(C)c1csc(CN=C(N)NCC2CCC2)n1.I. The summed E-state index contributed by atoms with van der Waals surface area (Å²) in [5, 5.41) is 6.33. The first-order chi connectivity index (χ1) is 8.65. The Morgan fingerprint density at radius 2 is 2.32 bits per heavy atom. The first kappa shape index (κ1) is 16.7. The summed E-state index contributed by atoms with van der Waals surface area (Å²) in [6.45, 7) is 5.85. The topological polar surface area (TPSA) is 63.3 Å². The van der Waals surface area contributed by atoms with Gasteiger partial charge in [0.05, 0.1) is 12.2 Å². The summed E-state index contributed by atoms with van der Waals surface area (Å²) in [5.41, 5.74) is 6.98. The third kappa shape index (κ3) is 5.25. The van der Waals surface area contributed by atoms with Crippen molar-refractivity contribution in [3.63, 3.8) is 0 Å². The second-order valence-corrected chi connectivity index (χ2v) is 6.14. The van der Waals surface area contributed by atoms with Crippen molar-refractivity contribution in [2.45, 2.75) is 45.6 Å². The molecule has 0 unspecified atom stereocenters. The molecule has 4 nitrogen and oxygen atoms in total. The van der Waals surface area contributed by atoms with Crippen molar-refractivity contribution in [3.05, 3.63) is 16.1 Å². The van der Waals surface area contributed by atoms with Gasteiger partial charge in [-0.05, 0) is 24.7 Å². The van der Waals surface area contributed by atoms with Crippen molar-refractivity contribution in [3.8, 4) is 0 Å². The van der Waals surface area contributed by atoms with Crippen LogP contribution in [0.5, 0.6) is 0 Å². The Labute approximate surface area is 136 Å². The summed E-state index contributed by atoms with van der Waals surface area (Å²) >= 11 is 1.66. The standard InChI is InChI=1S/C13H22N4S.HI/c1-9(2)11-8-18-12(17-11)7-16-13(14)15-6-10-4-3-5-10;/h8-10H,3-7H2,1-2H3,(H3,14,15,16);1H. The van der Waals surface area contributed by atoms with E-state index >= 15 is 0 Å². The fourth-order valence-corrected chi connectivity index (χ4v) is 2.70. The lowest BCUT2D eigenvalue weighted by molar-refractivity contribution is 0.315. The number of aliphatic imine (C=N–C) groups is 1. The zero-order valence-electron chi connectivity index (χ0n) is 11.6. The van der Waals surface area contributed by atoms with Crippen LogP contribution in [0, 0.1) is 5.92 Å². The molecule has 1 aromatic rings. The minimum Gasteiger partial charge on any atom is -0.370 e. The number of hydrogen-bond donors (Lipinski definition) is 2. The number of aromatic nitrogens is 1. The second kappa shape index (κ2) is 8.04. The zero-order valence-corrected chi connectivity index (χ0v) is 14.7. The van der Waals surface area contributed by atoms with E-state index in [0.717, 1.165) is 23.2 Å². The van der Waals surface area contributed by atoms with Gasteiger partial charge >= 0.3 is 0 Å². The summed E-state index contributed by atoms with van der Waals surface area (Å²) in [7, 11) is 0. The molecule has 0 amide bonds. The quantitative estimate of drug-likeness (QED) is 0.458. The Hall–Kier alpha value is -0.370. The molecule has 1 aliphatic rings. The van der Waals surface area contributed by atoms with Gasteiger partial charge in [0, 0.05) is 11.9 Å². The molecule has 2 rings (SSSR count). The van der Waals surface area contributed by atoms with Crippen molar-refractivity contribution >= 4 is 41.3 Å². The van der Waals surface area contributed by atoms with Crippen molar-refractivity contribution in [2.75, 3.05) is 6.54 Å². The predicted octanol–water partition coefficient (Wildman–Crippen LogP) is 3.09. The highest BCUT2D eigenvalue weighted by Gasteiger charge is 2.16. The van der Waals surface area contributed by atoms with Crippen LogP contribution in [0.4, 0.5) is 0 Å². The molecule has 1 heterocycles. The summed E-state index contributed by atoms with van der Waals surface area (Å²) in [6, 6.07) is 0. The highest BCUT2D eigenvalue weighted by Crippen LogP contribution is 2.25. The number of rotatable bonds is 5. The number of hydrogen-bond acceptors (Lipinski definition) is 3. The van der Waals surface area contributed by atoms with Gasteiger partial charge in [0.2, 0.25) is 0 Å². The fraction of sp³-hybridized carbons (Fsp3) is 0.692. The van der Waals surface area contributed by atoms with E-state index in [9.17, 15) is 0 Å². The Balaban J connectivity index is 0.00000180. The molecular formula is C13H23IN4S. The van der Waals surface area contributed by atoms with Crippen LogP contribution in [0.3, 0.4) is 0 Å². The molecule has 0 aromatic carbocycles. The molecule has 108 valence electrons. The summed E-state index contributed by atoms with van der Waals surface area (Å²) in [6.07, 6.45) is 4.01. The smallest absolute Gasteiger partial charge is 0.189 e. The van der Waals surface area contributed by atoms with Gasteiger partial charge < -0.3 is 11.1 Å². The lowest BCUT2D eigenvalue weighted by Crippen LogP contribution is -2.37. The predicted molar refractivity (Wildman–Crippen MR) is 92.3 cm³/mol. The van der Waals surface area contributed by atoms with Crippen LogP contribution in [-0.4, -0.2) is 17.5 Å². The Morgan fingerprint density at radius 1 is 1.58 bits per heavy atom. The first-order valence-electron chi connectivity index (χ1n) is 6.63. The Morgan fingerprint density at radius 3 is 2.84 bits per heavy atom. The van der Waals surface area contributed by atoms with Gasteiger partial charge in [0.15, 0.2) is 5.96 Å². The molecule has 1 aliphatic carbocycles. The van der Waals surface area contributed by atoms with Gasteiger partial charge in [-0.1, -0.05) is 20.3 Å². The van der Waals surface area contributed by atoms with Crippen LogP contribution < -0.4 is 11.1 Å². The number of nitrogens with one attached hydrogen (secondary N) is 1. The third-order valence-electron chi connectivity index (χ3n) is 3.34. The van der Waals surface area contributed by atoms with E-state index in [1.54, 1.807) is 11.3 Å². The largest absolute Gasteiger partial charge is 0.370 e. The molecule has 3 N–H and O–H groups in total. The molecule has 0 radical (unpaired) electrons. The summed E-state index contributed by atoms with van der Waals surface area (Å²) in [5.74, 6) is 1.82. The van der Waals surface area contributed by atoms with Crippen LogP contribution in [0.25, 0.3) is 0 Å². The number of guanidine groups is 1. The molecule has 0 bridgehead atoms. The van der Waals surface area contributed by atoms with Gasteiger partial charge in [-0.25, -0.2) is 9.98 Å². The second-order valence-electron chi connectivity index (χ2n) is 5.20. The van der Waals surface area contributed by atoms with E-state index in [1.807, 2.05) is 0 Å². The third-order valence-corrected chi connectivity index (χ3v) is 4.19. The molecule has 0 aliphatic heterocycles. The maximum atomic E-state index is 5.83. The highest BCUT2D eigenvalue weighted by molar-refractivity contribution is 14.0. The molecule has 6 heteroatoms. The highest BCUT2D eigenvalue weighted by atomic mass is 127. The molecule has 0 atom stereocenters. The minimum atomic E-state index is 0. The number of halogens is 1. The van der Waals surface area contributed by atoms with Crippen molar-refractivity contribution < 1.29 is 0 Å². The van der Waals surface area contributed by atoms with E-state index in [2.05, 4.69) is 34.5 Å². The minimum absolute atomic E-state index is 0. The molecule has 19 heavy (non-hydrogen) atoms. The summed E-state index contributed by atoms with van der Waals surface area (Å²) < 4.78 is 0. The van der Waals surface area contributed by atoms with Gasteiger partial charge in [-0.3, -0.25) is 0 Å². The van der Waals surface area contributed by atoms with E-state index in [1.165, 1.54) is 19.3 Å². The van der Waals surface area contributed by atoms with Crippen LogP contribution in [0.15, 0.2) is 10.4 Å². The average molecular weight is 394 g/mol.